The Morgan fingerprint density at radius 1 is 1.38 bits per heavy atom. The maximum absolute atomic E-state index is 9.17. The molecule has 1 aromatic carbocycles. The van der Waals surface area contributed by atoms with E-state index in [1.165, 1.54) is 0 Å². The number of aliphatic hydroxyl groups excluding tert-OH is 1. The van der Waals surface area contributed by atoms with Crippen LogP contribution in [0.1, 0.15) is 20.3 Å². The first kappa shape index (κ1) is 13.5. The summed E-state index contributed by atoms with van der Waals surface area (Å²) < 4.78 is 6.65. The van der Waals surface area contributed by atoms with Crippen molar-refractivity contribution in [2.45, 2.75) is 20.3 Å². The van der Waals surface area contributed by atoms with Crippen molar-refractivity contribution in [3.63, 3.8) is 0 Å². The molecule has 0 amide bonds. The average Bonchev–Trinajstić information content (AvgIpc) is 2.24. The summed E-state index contributed by atoms with van der Waals surface area (Å²) in [6.07, 6.45) is 0.890. The molecule has 0 bridgehead atoms. The lowest BCUT2D eigenvalue weighted by molar-refractivity contribution is 0.158. The van der Waals surface area contributed by atoms with E-state index in [4.69, 9.17) is 4.74 Å². The van der Waals surface area contributed by atoms with Gasteiger partial charge in [-0.05, 0) is 36.5 Å². The Bertz CT molecular complexity index is 313. The Hall–Kier alpha value is -0.540. The third-order valence-electron chi connectivity index (χ3n) is 2.73. The third kappa shape index (κ3) is 4.54. The molecule has 16 heavy (non-hydrogen) atoms. The largest absolute Gasteiger partial charge is 0.494 e. The van der Waals surface area contributed by atoms with Crippen molar-refractivity contribution in [2.75, 3.05) is 13.2 Å². The van der Waals surface area contributed by atoms with E-state index in [0.29, 0.717) is 18.4 Å². The van der Waals surface area contributed by atoms with Crippen molar-refractivity contribution >= 4 is 15.9 Å². The fourth-order valence-corrected chi connectivity index (χ4v) is 1.90. The van der Waals surface area contributed by atoms with Crippen molar-refractivity contribution in [2.24, 2.45) is 11.8 Å². The predicted octanol–water partition coefficient (Wildman–Crippen LogP) is 3.48. The predicted molar refractivity (Wildman–Crippen MR) is 69.7 cm³/mol. The molecule has 0 radical (unpaired) electrons. The molecule has 2 nitrogen and oxygen atoms in total. The number of ether oxygens (including phenoxy) is 1. The average molecular weight is 287 g/mol. The smallest absolute Gasteiger partial charge is 0.120 e. The summed E-state index contributed by atoms with van der Waals surface area (Å²) in [5, 5.41) is 9.17. The SMILES string of the molecule is CC(C)C(CO)CCOc1cccc(Br)c1. The monoisotopic (exact) mass is 286 g/mol. The molecule has 1 atom stereocenters. The Labute approximate surface area is 106 Å². The zero-order chi connectivity index (χ0) is 12.0. The summed E-state index contributed by atoms with van der Waals surface area (Å²) in [6.45, 7) is 5.14. The number of halogens is 1. The van der Waals surface area contributed by atoms with Gasteiger partial charge in [-0.15, -0.1) is 0 Å². The summed E-state index contributed by atoms with van der Waals surface area (Å²) in [7, 11) is 0. The van der Waals surface area contributed by atoms with Crippen LogP contribution in [0.2, 0.25) is 0 Å². The highest BCUT2D eigenvalue weighted by molar-refractivity contribution is 9.10. The lowest BCUT2D eigenvalue weighted by Gasteiger charge is -2.18. The normalized spacial score (nSPS) is 12.8. The van der Waals surface area contributed by atoms with Gasteiger partial charge in [0, 0.05) is 11.1 Å². The van der Waals surface area contributed by atoms with Crippen LogP contribution in [0.4, 0.5) is 0 Å². The minimum atomic E-state index is 0.236. The molecular weight excluding hydrogens is 268 g/mol. The van der Waals surface area contributed by atoms with Crippen molar-refractivity contribution < 1.29 is 9.84 Å². The molecule has 1 N–H and O–H groups in total. The Kier molecular flexibility index (Phi) is 5.85. The van der Waals surface area contributed by atoms with Crippen molar-refractivity contribution in [3.8, 4) is 5.75 Å². The van der Waals surface area contributed by atoms with Gasteiger partial charge in [0.1, 0.15) is 5.75 Å². The molecule has 1 aromatic rings. The van der Waals surface area contributed by atoms with Gasteiger partial charge in [0.2, 0.25) is 0 Å². The summed E-state index contributed by atoms with van der Waals surface area (Å²) in [6, 6.07) is 7.81. The van der Waals surface area contributed by atoms with Crippen LogP contribution in [0.3, 0.4) is 0 Å². The molecular formula is C13H19BrO2. The van der Waals surface area contributed by atoms with Crippen LogP contribution in [0.5, 0.6) is 5.75 Å². The second-order valence-corrected chi connectivity index (χ2v) is 5.20. The molecule has 0 aliphatic carbocycles. The van der Waals surface area contributed by atoms with Crippen LogP contribution in [0.25, 0.3) is 0 Å². The van der Waals surface area contributed by atoms with Crippen molar-refractivity contribution in [1.82, 2.24) is 0 Å². The van der Waals surface area contributed by atoms with Gasteiger partial charge in [-0.2, -0.15) is 0 Å². The molecule has 1 unspecified atom stereocenters. The third-order valence-corrected chi connectivity index (χ3v) is 3.22. The molecule has 0 fully saturated rings. The minimum Gasteiger partial charge on any atom is -0.494 e. The summed E-state index contributed by atoms with van der Waals surface area (Å²) in [5.74, 6) is 1.69. The van der Waals surface area contributed by atoms with Crippen LogP contribution in [-0.2, 0) is 0 Å². The Morgan fingerprint density at radius 3 is 2.69 bits per heavy atom. The fourth-order valence-electron chi connectivity index (χ4n) is 1.52. The summed E-state index contributed by atoms with van der Waals surface area (Å²) in [4.78, 5) is 0. The van der Waals surface area contributed by atoms with Gasteiger partial charge in [-0.1, -0.05) is 35.8 Å². The van der Waals surface area contributed by atoms with Crippen LogP contribution in [0, 0.1) is 11.8 Å². The molecule has 0 heterocycles. The van der Waals surface area contributed by atoms with Crippen molar-refractivity contribution in [3.05, 3.63) is 28.7 Å². The molecule has 90 valence electrons. The molecule has 0 aromatic heterocycles. The van der Waals surface area contributed by atoms with E-state index < -0.39 is 0 Å². The standard InChI is InChI=1S/C13H19BrO2/c1-10(2)11(9-15)6-7-16-13-5-3-4-12(14)8-13/h3-5,8,10-11,15H,6-7,9H2,1-2H3. The topological polar surface area (TPSA) is 29.5 Å². The van der Waals surface area contributed by atoms with E-state index in [9.17, 15) is 5.11 Å². The van der Waals surface area contributed by atoms with Gasteiger partial charge in [0.05, 0.1) is 6.61 Å². The molecule has 0 saturated heterocycles. The van der Waals surface area contributed by atoms with E-state index in [2.05, 4.69) is 29.8 Å². The molecule has 0 aliphatic heterocycles. The van der Waals surface area contributed by atoms with E-state index in [-0.39, 0.29) is 6.61 Å². The van der Waals surface area contributed by atoms with Crippen molar-refractivity contribution in [1.29, 1.82) is 0 Å². The maximum Gasteiger partial charge on any atom is 0.120 e. The van der Waals surface area contributed by atoms with Gasteiger partial charge in [-0.3, -0.25) is 0 Å². The number of benzene rings is 1. The lowest BCUT2D eigenvalue weighted by Crippen LogP contribution is -2.16. The highest BCUT2D eigenvalue weighted by Crippen LogP contribution is 2.19. The van der Waals surface area contributed by atoms with E-state index in [0.717, 1.165) is 16.6 Å². The molecule has 1 rings (SSSR count). The maximum atomic E-state index is 9.17. The second-order valence-electron chi connectivity index (χ2n) is 4.28. The molecule has 0 aliphatic rings. The van der Waals surface area contributed by atoms with Gasteiger partial charge >= 0.3 is 0 Å². The van der Waals surface area contributed by atoms with Gasteiger partial charge in [0.15, 0.2) is 0 Å². The highest BCUT2D eigenvalue weighted by Gasteiger charge is 2.11. The first-order chi connectivity index (χ1) is 7.63. The van der Waals surface area contributed by atoms with Gasteiger partial charge in [-0.25, -0.2) is 0 Å². The zero-order valence-corrected chi connectivity index (χ0v) is 11.4. The van der Waals surface area contributed by atoms with Crippen LogP contribution in [0.15, 0.2) is 28.7 Å². The molecule has 0 saturated carbocycles. The van der Waals surface area contributed by atoms with Crippen LogP contribution >= 0.6 is 15.9 Å². The number of aliphatic hydroxyl groups is 1. The number of rotatable bonds is 6. The Morgan fingerprint density at radius 2 is 2.12 bits per heavy atom. The first-order valence-electron chi connectivity index (χ1n) is 5.62. The minimum absolute atomic E-state index is 0.236. The van der Waals surface area contributed by atoms with E-state index >= 15 is 0 Å². The number of hydrogen-bond donors (Lipinski definition) is 1. The summed E-state index contributed by atoms with van der Waals surface area (Å²) in [5.41, 5.74) is 0. The summed E-state index contributed by atoms with van der Waals surface area (Å²) >= 11 is 3.40. The fraction of sp³-hybridized carbons (Fsp3) is 0.538. The lowest BCUT2D eigenvalue weighted by atomic mass is 9.94. The van der Waals surface area contributed by atoms with E-state index in [1.807, 2.05) is 24.3 Å². The second kappa shape index (κ2) is 6.92. The molecule has 3 heteroatoms. The first-order valence-corrected chi connectivity index (χ1v) is 6.42. The number of hydrogen-bond acceptors (Lipinski definition) is 2. The molecule has 0 spiro atoms. The van der Waals surface area contributed by atoms with Gasteiger partial charge < -0.3 is 9.84 Å². The zero-order valence-electron chi connectivity index (χ0n) is 9.82. The highest BCUT2D eigenvalue weighted by atomic mass is 79.9. The van der Waals surface area contributed by atoms with Crippen LogP contribution in [-0.4, -0.2) is 18.3 Å². The van der Waals surface area contributed by atoms with E-state index in [1.54, 1.807) is 0 Å². The Balaban J connectivity index is 2.35. The van der Waals surface area contributed by atoms with Crippen LogP contribution < -0.4 is 4.74 Å². The quantitative estimate of drug-likeness (QED) is 0.868. The van der Waals surface area contributed by atoms with Gasteiger partial charge in [0.25, 0.3) is 0 Å².